The summed E-state index contributed by atoms with van der Waals surface area (Å²) in [6.07, 6.45) is 5.62. The molecule has 136 valence electrons. The van der Waals surface area contributed by atoms with Gasteiger partial charge in [-0.2, -0.15) is 0 Å². The molecule has 0 bridgehead atoms. The van der Waals surface area contributed by atoms with Crippen molar-refractivity contribution in [1.29, 1.82) is 0 Å². The summed E-state index contributed by atoms with van der Waals surface area (Å²) in [5, 5.41) is 9.39. The van der Waals surface area contributed by atoms with E-state index in [1.807, 2.05) is 6.07 Å². The van der Waals surface area contributed by atoms with Crippen molar-refractivity contribution in [2.45, 2.75) is 79.8 Å². The Kier molecular flexibility index (Phi) is 6.81. The summed E-state index contributed by atoms with van der Waals surface area (Å²) in [4.78, 5) is 11.4. The van der Waals surface area contributed by atoms with Crippen molar-refractivity contribution in [3.8, 4) is 0 Å². The molecule has 2 rings (SSSR count). The number of hydrogen-bond donors (Lipinski definition) is 1. The number of benzene rings is 1. The molecule has 0 aromatic heterocycles. The minimum Gasteiger partial charge on any atom is -0.382 e. The van der Waals surface area contributed by atoms with Crippen LogP contribution in [0.2, 0.25) is 0 Å². The van der Waals surface area contributed by atoms with Gasteiger partial charge in [0.15, 0.2) is 5.78 Å². The molecule has 0 heterocycles. The summed E-state index contributed by atoms with van der Waals surface area (Å²) >= 11 is 0. The average Bonchev–Trinajstić information content (AvgIpc) is 2.44. The average molecular weight is 333 g/mol. The van der Waals surface area contributed by atoms with E-state index in [-0.39, 0.29) is 5.78 Å². The highest BCUT2D eigenvalue weighted by atomic mass is 16.3. The molecule has 1 aliphatic rings. The first kappa shape index (κ1) is 20.9. The van der Waals surface area contributed by atoms with Crippen LogP contribution in [0.3, 0.4) is 0 Å². The Bertz CT molecular complexity index is 525. The van der Waals surface area contributed by atoms with Gasteiger partial charge in [-0.3, -0.25) is 4.79 Å². The molecule has 0 aliphatic heterocycles. The van der Waals surface area contributed by atoms with Gasteiger partial charge in [-0.1, -0.05) is 71.4 Å². The van der Waals surface area contributed by atoms with Gasteiger partial charge < -0.3 is 5.11 Å². The van der Waals surface area contributed by atoms with Gasteiger partial charge >= 0.3 is 0 Å². The Morgan fingerprint density at radius 3 is 2.12 bits per heavy atom. The van der Waals surface area contributed by atoms with Gasteiger partial charge in [0.05, 0.1) is 0 Å². The SMILES string of the molecule is CC(C)(O)C(=O)c1ccccc1.CCC1(C)CC(C)CC(C)(C)C1. The normalized spacial score (nSPS) is 26.2. The topological polar surface area (TPSA) is 37.3 Å². The monoisotopic (exact) mass is 332 g/mol. The van der Waals surface area contributed by atoms with Crippen LogP contribution in [0.15, 0.2) is 30.3 Å². The second-order valence-corrected chi connectivity index (χ2v) is 9.27. The molecule has 1 aliphatic carbocycles. The molecule has 1 aromatic rings. The van der Waals surface area contributed by atoms with Gasteiger partial charge in [0.25, 0.3) is 0 Å². The van der Waals surface area contributed by atoms with Crippen LogP contribution in [0.4, 0.5) is 0 Å². The molecule has 1 N–H and O–H groups in total. The summed E-state index contributed by atoms with van der Waals surface area (Å²) in [5.74, 6) is 0.682. The fourth-order valence-corrected chi connectivity index (χ4v) is 4.37. The van der Waals surface area contributed by atoms with Gasteiger partial charge in [0, 0.05) is 5.56 Å². The maximum absolute atomic E-state index is 11.4. The molecule has 0 saturated heterocycles. The largest absolute Gasteiger partial charge is 0.382 e. The highest BCUT2D eigenvalue weighted by Gasteiger charge is 2.38. The minimum atomic E-state index is -1.28. The Morgan fingerprint density at radius 2 is 1.71 bits per heavy atom. The fraction of sp³-hybridized carbons (Fsp3) is 0.682. The summed E-state index contributed by atoms with van der Waals surface area (Å²) in [6.45, 7) is 15.0. The molecule has 24 heavy (non-hydrogen) atoms. The number of Topliss-reactive ketones (excluding diaryl/α,β-unsaturated/α-hetero) is 1. The lowest BCUT2D eigenvalue weighted by molar-refractivity contribution is 0.0488. The van der Waals surface area contributed by atoms with Crippen LogP contribution < -0.4 is 0 Å². The predicted octanol–water partition coefficient (Wildman–Crippen LogP) is 5.89. The number of aliphatic hydroxyl groups is 1. The number of hydrogen-bond acceptors (Lipinski definition) is 2. The van der Waals surface area contributed by atoms with Crippen LogP contribution in [-0.4, -0.2) is 16.5 Å². The lowest BCUT2D eigenvalue weighted by Crippen LogP contribution is -2.34. The molecule has 2 unspecified atom stereocenters. The highest BCUT2D eigenvalue weighted by molar-refractivity contribution is 6.01. The van der Waals surface area contributed by atoms with E-state index in [1.54, 1.807) is 24.3 Å². The van der Waals surface area contributed by atoms with E-state index < -0.39 is 5.60 Å². The molecule has 2 nitrogen and oxygen atoms in total. The van der Waals surface area contributed by atoms with Gasteiger partial charge in [-0.05, 0) is 49.9 Å². The zero-order valence-corrected chi connectivity index (χ0v) is 16.6. The van der Waals surface area contributed by atoms with E-state index in [4.69, 9.17) is 0 Å². The Labute approximate surface area is 148 Å². The van der Waals surface area contributed by atoms with E-state index >= 15 is 0 Å². The second kappa shape index (κ2) is 7.82. The number of ketones is 1. The van der Waals surface area contributed by atoms with Gasteiger partial charge in [-0.15, -0.1) is 0 Å². The molecule has 2 atom stereocenters. The predicted molar refractivity (Wildman–Crippen MR) is 102 cm³/mol. The molecule has 1 fully saturated rings. The van der Waals surface area contributed by atoms with Crippen molar-refractivity contribution in [3.63, 3.8) is 0 Å². The first-order valence-electron chi connectivity index (χ1n) is 9.21. The van der Waals surface area contributed by atoms with E-state index in [1.165, 1.54) is 39.5 Å². The lowest BCUT2D eigenvalue weighted by atomic mass is 9.60. The van der Waals surface area contributed by atoms with Crippen LogP contribution in [-0.2, 0) is 0 Å². The molecule has 1 saturated carbocycles. The zero-order valence-electron chi connectivity index (χ0n) is 16.6. The maximum Gasteiger partial charge on any atom is 0.193 e. The van der Waals surface area contributed by atoms with Crippen LogP contribution in [0, 0.1) is 16.7 Å². The Balaban J connectivity index is 0.000000240. The van der Waals surface area contributed by atoms with Crippen LogP contribution in [0.1, 0.15) is 84.5 Å². The summed E-state index contributed by atoms with van der Waals surface area (Å²) in [7, 11) is 0. The molecular formula is C22H36O2. The number of carbonyl (C=O) groups is 1. The Morgan fingerprint density at radius 1 is 1.17 bits per heavy atom. The molecule has 2 heteroatoms. The second-order valence-electron chi connectivity index (χ2n) is 9.27. The standard InChI is InChI=1S/C12H24.C10H12O2/c1-6-12(5)8-10(2)7-11(3,4)9-12;1-10(2,12)9(11)8-6-4-3-5-7-8/h10H,6-9H2,1-5H3;3-7,12H,1-2H3. The van der Waals surface area contributed by atoms with Crippen molar-refractivity contribution < 1.29 is 9.90 Å². The van der Waals surface area contributed by atoms with Crippen molar-refractivity contribution in [2.24, 2.45) is 16.7 Å². The molecule has 0 radical (unpaired) electrons. The number of rotatable bonds is 3. The third-order valence-electron chi connectivity index (χ3n) is 5.09. The third-order valence-corrected chi connectivity index (χ3v) is 5.09. The van der Waals surface area contributed by atoms with Crippen LogP contribution in [0.5, 0.6) is 0 Å². The quantitative estimate of drug-likeness (QED) is 0.701. The molecule has 0 spiro atoms. The molecule has 0 amide bonds. The van der Waals surface area contributed by atoms with E-state index in [0.29, 0.717) is 16.4 Å². The van der Waals surface area contributed by atoms with E-state index in [0.717, 1.165) is 5.92 Å². The fourth-order valence-electron chi connectivity index (χ4n) is 4.37. The van der Waals surface area contributed by atoms with Crippen LogP contribution >= 0.6 is 0 Å². The van der Waals surface area contributed by atoms with Crippen molar-refractivity contribution in [2.75, 3.05) is 0 Å². The highest BCUT2D eigenvalue weighted by Crippen LogP contribution is 2.49. The van der Waals surface area contributed by atoms with E-state index in [2.05, 4.69) is 34.6 Å². The van der Waals surface area contributed by atoms with Crippen molar-refractivity contribution >= 4 is 5.78 Å². The van der Waals surface area contributed by atoms with Crippen LogP contribution in [0.25, 0.3) is 0 Å². The minimum absolute atomic E-state index is 0.247. The summed E-state index contributed by atoms with van der Waals surface area (Å²) in [6, 6.07) is 8.78. The first-order chi connectivity index (χ1) is 10.9. The number of carbonyl (C=O) groups excluding carboxylic acids is 1. The van der Waals surface area contributed by atoms with Gasteiger partial charge in [0.1, 0.15) is 5.60 Å². The smallest absolute Gasteiger partial charge is 0.193 e. The summed E-state index contributed by atoms with van der Waals surface area (Å²) < 4.78 is 0. The lowest BCUT2D eigenvalue weighted by Gasteiger charge is -2.45. The van der Waals surface area contributed by atoms with Gasteiger partial charge in [-0.25, -0.2) is 0 Å². The van der Waals surface area contributed by atoms with E-state index in [9.17, 15) is 9.90 Å². The third kappa shape index (κ3) is 6.39. The molecular weight excluding hydrogens is 296 g/mol. The van der Waals surface area contributed by atoms with Crippen molar-refractivity contribution in [3.05, 3.63) is 35.9 Å². The Hall–Kier alpha value is -1.15. The zero-order chi connectivity index (χ0) is 18.6. The van der Waals surface area contributed by atoms with Gasteiger partial charge in [0.2, 0.25) is 0 Å². The van der Waals surface area contributed by atoms with Crippen molar-refractivity contribution in [1.82, 2.24) is 0 Å². The summed E-state index contributed by atoms with van der Waals surface area (Å²) in [5.41, 5.74) is 0.482. The first-order valence-corrected chi connectivity index (χ1v) is 9.21. The molecule has 1 aromatic carbocycles. The maximum atomic E-state index is 11.4.